The van der Waals surface area contributed by atoms with Crippen LogP contribution < -0.4 is 10.1 Å². The second-order valence-electron chi connectivity index (χ2n) is 5.67. The van der Waals surface area contributed by atoms with E-state index in [1.165, 1.54) is 0 Å². The van der Waals surface area contributed by atoms with Gasteiger partial charge in [-0.05, 0) is 36.4 Å². The molecule has 26 heavy (non-hydrogen) atoms. The molecule has 3 aromatic carbocycles. The summed E-state index contributed by atoms with van der Waals surface area (Å²) in [4.78, 5) is 12.9. The first-order valence-electron chi connectivity index (χ1n) is 8.33. The number of rotatable bonds is 5. The van der Waals surface area contributed by atoms with E-state index in [2.05, 4.69) is 17.2 Å². The van der Waals surface area contributed by atoms with E-state index < -0.39 is 6.04 Å². The Kier molecular flexibility index (Phi) is 5.69. The molecule has 0 saturated carbocycles. The highest BCUT2D eigenvalue weighted by molar-refractivity contribution is 6.03. The summed E-state index contributed by atoms with van der Waals surface area (Å²) in [5.74, 6) is 6.85. The van der Waals surface area contributed by atoms with Gasteiger partial charge in [-0.15, -0.1) is 0 Å². The highest BCUT2D eigenvalue weighted by Gasteiger charge is 2.17. The molecule has 0 spiro atoms. The van der Waals surface area contributed by atoms with Crippen molar-refractivity contribution in [3.05, 3.63) is 96.1 Å². The first-order valence-corrected chi connectivity index (χ1v) is 8.33. The maximum atomic E-state index is 12.9. The first kappa shape index (κ1) is 17.3. The molecule has 0 aliphatic carbocycles. The number of benzene rings is 3. The van der Waals surface area contributed by atoms with Crippen LogP contribution in [0, 0.1) is 11.8 Å². The molecule has 3 heteroatoms. The Bertz CT molecular complexity index is 907. The van der Waals surface area contributed by atoms with Crippen molar-refractivity contribution in [2.75, 3.05) is 12.4 Å². The first-order chi connectivity index (χ1) is 12.8. The molecule has 0 amide bonds. The molecule has 0 bridgehead atoms. The maximum absolute atomic E-state index is 12.9. The van der Waals surface area contributed by atoms with Crippen LogP contribution in [-0.2, 0) is 0 Å². The highest BCUT2D eigenvalue weighted by Crippen LogP contribution is 2.17. The molecule has 0 heterocycles. The number of Topliss-reactive ketones (excluding diaryl/α,β-unsaturated/α-hetero) is 1. The largest absolute Gasteiger partial charge is 0.497 e. The van der Waals surface area contributed by atoms with Gasteiger partial charge in [0, 0.05) is 16.8 Å². The predicted molar refractivity (Wildman–Crippen MR) is 104 cm³/mol. The van der Waals surface area contributed by atoms with E-state index in [-0.39, 0.29) is 5.78 Å². The number of nitrogens with one attached hydrogen (secondary N) is 1. The molecule has 0 radical (unpaired) electrons. The third-order valence-corrected chi connectivity index (χ3v) is 3.86. The van der Waals surface area contributed by atoms with Crippen molar-refractivity contribution in [2.45, 2.75) is 6.04 Å². The van der Waals surface area contributed by atoms with Gasteiger partial charge in [0.15, 0.2) is 11.8 Å². The van der Waals surface area contributed by atoms with Crippen LogP contribution in [0.1, 0.15) is 15.9 Å². The fraction of sp³-hybridized carbons (Fsp3) is 0.0870. The smallest absolute Gasteiger partial charge is 0.197 e. The highest BCUT2D eigenvalue weighted by atomic mass is 16.5. The molecule has 0 aliphatic rings. The van der Waals surface area contributed by atoms with Crippen molar-refractivity contribution in [3.8, 4) is 17.6 Å². The van der Waals surface area contributed by atoms with Crippen molar-refractivity contribution in [3.63, 3.8) is 0 Å². The normalized spacial score (nSPS) is 11.0. The molecule has 0 aromatic heterocycles. The van der Waals surface area contributed by atoms with Crippen molar-refractivity contribution >= 4 is 11.5 Å². The number of carbonyl (C=O) groups is 1. The van der Waals surface area contributed by atoms with Crippen LogP contribution in [0.3, 0.4) is 0 Å². The number of anilines is 1. The van der Waals surface area contributed by atoms with Gasteiger partial charge in [0.1, 0.15) is 5.75 Å². The predicted octanol–water partition coefficient (Wildman–Crippen LogP) is 4.41. The molecular weight excluding hydrogens is 322 g/mol. The van der Waals surface area contributed by atoms with Crippen LogP contribution in [0.2, 0.25) is 0 Å². The molecule has 1 atom stereocenters. The average molecular weight is 341 g/mol. The van der Waals surface area contributed by atoms with Crippen LogP contribution in [0.15, 0.2) is 84.9 Å². The fourth-order valence-corrected chi connectivity index (χ4v) is 2.47. The fourth-order valence-electron chi connectivity index (χ4n) is 2.47. The lowest BCUT2D eigenvalue weighted by atomic mass is 10.0. The van der Waals surface area contributed by atoms with E-state index in [9.17, 15) is 4.79 Å². The van der Waals surface area contributed by atoms with Gasteiger partial charge < -0.3 is 10.1 Å². The Morgan fingerprint density at radius 2 is 1.50 bits per heavy atom. The number of hydrogen-bond donors (Lipinski definition) is 1. The van der Waals surface area contributed by atoms with Gasteiger partial charge in [-0.1, -0.05) is 60.4 Å². The topological polar surface area (TPSA) is 38.3 Å². The van der Waals surface area contributed by atoms with Crippen LogP contribution in [-0.4, -0.2) is 18.9 Å². The molecule has 3 rings (SSSR count). The minimum Gasteiger partial charge on any atom is -0.497 e. The third-order valence-electron chi connectivity index (χ3n) is 3.86. The lowest BCUT2D eigenvalue weighted by molar-refractivity contribution is 0.0987. The van der Waals surface area contributed by atoms with E-state index in [0.29, 0.717) is 5.56 Å². The Morgan fingerprint density at radius 3 is 2.12 bits per heavy atom. The van der Waals surface area contributed by atoms with E-state index >= 15 is 0 Å². The number of ketones is 1. The molecule has 3 nitrogen and oxygen atoms in total. The van der Waals surface area contributed by atoms with Crippen LogP contribution >= 0.6 is 0 Å². The third kappa shape index (κ3) is 4.52. The standard InChI is InChI=1S/C23H19NO2/c1-26-21-15-13-20(14-16-21)24-22(17-12-18-8-4-2-5-9-18)23(25)19-10-6-3-7-11-19/h2-11,13-16,22,24H,1H3. The molecule has 1 N–H and O–H groups in total. The molecule has 0 aliphatic heterocycles. The van der Waals surface area contributed by atoms with Crippen molar-refractivity contribution < 1.29 is 9.53 Å². The van der Waals surface area contributed by atoms with Crippen molar-refractivity contribution in [1.29, 1.82) is 0 Å². The molecule has 128 valence electrons. The van der Waals surface area contributed by atoms with E-state index in [4.69, 9.17) is 4.74 Å². The van der Waals surface area contributed by atoms with Crippen molar-refractivity contribution in [2.24, 2.45) is 0 Å². The summed E-state index contributed by atoms with van der Waals surface area (Å²) < 4.78 is 5.17. The second-order valence-corrected chi connectivity index (χ2v) is 5.67. The van der Waals surface area contributed by atoms with Crippen LogP contribution in [0.25, 0.3) is 0 Å². The Morgan fingerprint density at radius 1 is 0.885 bits per heavy atom. The van der Waals surface area contributed by atoms with Crippen LogP contribution in [0.5, 0.6) is 5.75 Å². The monoisotopic (exact) mass is 341 g/mol. The average Bonchev–Trinajstić information content (AvgIpc) is 2.72. The SMILES string of the molecule is COc1ccc(NC(C#Cc2ccccc2)C(=O)c2ccccc2)cc1. The zero-order valence-electron chi connectivity index (χ0n) is 14.5. The summed E-state index contributed by atoms with van der Waals surface area (Å²) in [5.41, 5.74) is 2.30. The Hall–Kier alpha value is -3.51. The van der Waals surface area contributed by atoms with Gasteiger partial charge >= 0.3 is 0 Å². The summed E-state index contributed by atoms with van der Waals surface area (Å²) in [6.07, 6.45) is 0. The van der Waals surface area contributed by atoms with E-state index in [1.54, 1.807) is 19.2 Å². The zero-order chi connectivity index (χ0) is 18.2. The Balaban J connectivity index is 1.88. The number of methoxy groups -OCH3 is 1. The van der Waals surface area contributed by atoms with Gasteiger partial charge in [0.05, 0.1) is 7.11 Å². The van der Waals surface area contributed by atoms with E-state index in [1.807, 2.05) is 72.8 Å². The summed E-state index contributed by atoms with van der Waals surface area (Å²) in [6, 6.07) is 25.6. The molecule has 0 saturated heterocycles. The summed E-state index contributed by atoms with van der Waals surface area (Å²) in [5, 5.41) is 3.22. The summed E-state index contributed by atoms with van der Waals surface area (Å²) >= 11 is 0. The van der Waals surface area contributed by atoms with Crippen LogP contribution in [0.4, 0.5) is 5.69 Å². The van der Waals surface area contributed by atoms with Gasteiger partial charge in [-0.2, -0.15) is 0 Å². The lowest BCUT2D eigenvalue weighted by Gasteiger charge is -2.14. The summed E-state index contributed by atoms with van der Waals surface area (Å²) in [6.45, 7) is 0. The minimum atomic E-state index is -0.647. The molecule has 1 unspecified atom stereocenters. The second kappa shape index (κ2) is 8.55. The molecule has 0 fully saturated rings. The minimum absolute atomic E-state index is 0.0650. The van der Waals surface area contributed by atoms with Gasteiger partial charge in [0.25, 0.3) is 0 Å². The number of ether oxygens (including phenoxy) is 1. The van der Waals surface area contributed by atoms with Gasteiger partial charge in [-0.3, -0.25) is 4.79 Å². The number of carbonyl (C=O) groups excluding carboxylic acids is 1. The number of hydrogen-bond acceptors (Lipinski definition) is 3. The molecular formula is C23H19NO2. The van der Waals surface area contributed by atoms with Gasteiger partial charge in [-0.25, -0.2) is 0 Å². The quantitative estimate of drug-likeness (QED) is 0.552. The Labute approximate surface area is 153 Å². The van der Waals surface area contributed by atoms with Gasteiger partial charge in [0.2, 0.25) is 0 Å². The molecule has 3 aromatic rings. The lowest BCUT2D eigenvalue weighted by Crippen LogP contribution is -2.28. The zero-order valence-corrected chi connectivity index (χ0v) is 14.5. The maximum Gasteiger partial charge on any atom is 0.197 e. The van der Waals surface area contributed by atoms with Crippen molar-refractivity contribution in [1.82, 2.24) is 0 Å². The summed E-state index contributed by atoms with van der Waals surface area (Å²) in [7, 11) is 1.62. The van der Waals surface area contributed by atoms with E-state index in [0.717, 1.165) is 17.0 Å².